The molecule has 4 heteroatoms. The summed E-state index contributed by atoms with van der Waals surface area (Å²) < 4.78 is 19.0. The van der Waals surface area contributed by atoms with Crippen LogP contribution >= 0.6 is 0 Å². The fourth-order valence-corrected chi connectivity index (χ4v) is 2.78. The molecule has 1 heterocycles. The Bertz CT molecular complexity index is 504. The highest BCUT2D eigenvalue weighted by Gasteiger charge is 2.26. The molecule has 21 heavy (non-hydrogen) atoms. The summed E-state index contributed by atoms with van der Waals surface area (Å²) in [6, 6.07) is 4.71. The number of benzene rings is 1. The number of nitrogens with zero attached hydrogens (tertiary/aromatic N) is 1. The summed E-state index contributed by atoms with van der Waals surface area (Å²) in [7, 11) is 1.74. The average molecular weight is 293 g/mol. The zero-order valence-corrected chi connectivity index (χ0v) is 13.1. The Kier molecular flexibility index (Phi) is 5.48. The lowest BCUT2D eigenvalue weighted by atomic mass is 9.95. The van der Waals surface area contributed by atoms with Gasteiger partial charge in [0.05, 0.1) is 6.10 Å². The van der Waals surface area contributed by atoms with Crippen molar-refractivity contribution in [3.8, 4) is 0 Å². The van der Waals surface area contributed by atoms with Gasteiger partial charge in [0.2, 0.25) is 0 Å². The van der Waals surface area contributed by atoms with E-state index in [0.29, 0.717) is 30.0 Å². The fraction of sp³-hybridized carbons (Fsp3) is 0.588. The topological polar surface area (TPSA) is 29.5 Å². The van der Waals surface area contributed by atoms with E-state index in [2.05, 4.69) is 11.8 Å². The van der Waals surface area contributed by atoms with Crippen molar-refractivity contribution in [2.75, 3.05) is 26.7 Å². The van der Waals surface area contributed by atoms with Gasteiger partial charge in [0.25, 0.3) is 0 Å². The third-order valence-corrected chi connectivity index (χ3v) is 4.43. The number of piperidine rings is 1. The van der Waals surface area contributed by atoms with Crippen LogP contribution in [0.5, 0.6) is 0 Å². The Hall–Kier alpha value is -1.26. The number of likely N-dealkylation sites (tertiary alicyclic amines) is 1. The van der Waals surface area contributed by atoms with E-state index in [0.717, 1.165) is 19.5 Å². The van der Waals surface area contributed by atoms with Crippen molar-refractivity contribution in [3.63, 3.8) is 0 Å². The van der Waals surface area contributed by atoms with Crippen LogP contribution < -0.4 is 0 Å². The van der Waals surface area contributed by atoms with Crippen LogP contribution in [0.25, 0.3) is 0 Å². The zero-order chi connectivity index (χ0) is 15.4. The maximum Gasteiger partial charge on any atom is 0.164 e. The summed E-state index contributed by atoms with van der Waals surface area (Å²) in [5.41, 5.74) is 1.03. The van der Waals surface area contributed by atoms with E-state index in [9.17, 15) is 9.18 Å². The highest BCUT2D eigenvalue weighted by Crippen LogP contribution is 2.20. The number of carbonyl (C=O) groups is 1. The molecule has 2 unspecified atom stereocenters. The molecular weight excluding hydrogens is 269 g/mol. The molecule has 1 aliphatic rings. The van der Waals surface area contributed by atoms with Crippen LogP contribution in [0.3, 0.4) is 0 Å². The molecule has 1 saturated heterocycles. The number of hydrogen-bond donors (Lipinski definition) is 0. The van der Waals surface area contributed by atoms with Crippen molar-refractivity contribution in [1.29, 1.82) is 0 Å². The normalized spacial score (nSPS) is 23.2. The number of halogens is 1. The minimum Gasteiger partial charge on any atom is -0.380 e. The van der Waals surface area contributed by atoms with Crippen LogP contribution in [-0.2, 0) is 4.74 Å². The van der Waals surface area contributed by atoms with Crippen molar-refractivity contribution < 1.29 is 13.9 Å². The summed E-state index contributed by atoms with van der Waals surface area (Å²) in [4.78, 5) is 14.4. The van der Waals surface area contributed by atoms with Gasteiger partial charge >= 0.3 is 0 Å². The van der Waals surface area contributed by atoms with Gasteiger partial charge in [0.1, 0.15) is 5.82 Å². The van der Waals surface area contributed by atoms with Crippen LogP contribution in [0.1, 0.15) is 35.7 Å². The van der Waals surface area contributed by atoms with E-state index in [1.165, 1.54) is 6.07 Å². The monoisotopic (exact) mass is 293 g/mol. The molecule has 116 valence electrons. The van der Waals surface area contributed by atoms with Gasteiger partial charge in [-0.05, 0) is 37.4 Å². The van der Waals surface area contributed by atoms with Gasteiger partial charge in [-0.2, -0.15) is 0 Å². The molecule has 1 aromatic carbocycles. The molecular formula is C17H24FNO2. The first-order valence-electron chi connectivity index (χ1n) is 7.55. The minimum absolute atomic E-state index is 0.00138. The quantitative estimate of drug-likeness (QED) is 0.781. The van der Waals surface area contributed by atoms with E-state index in [4.69, 9.17) is 4.74 Å². The maximum atomic E-state index is 13.5. The smallest absolute Gasteiger partial charge is 0.164 e. The second-order valence-electron chi connectivity index (χ2n) is 5.98. The highest BCUT2D eigenvalue weighted by atomic mass is 19.1. The lowest BCUT2D eigenvalue weighted by Gasteiger charge is -2.36. The van der Waals surface area contributed by atoms with Crippen molar-refractivity contribution in [1.82, 2.24) is 4.90 Å². The van der Waals surface area contributed by atoms with Gasteiger partial charge in [0, 0.05) is 32.2 Å². The number of Topliss-reactive ketones (excluding diaryl/α,β-unsaturated/α-hetero) is 1. The van der Waals surface area contributed by atoms with Crippen molar-refractivity contribution in [2.45, 2.75) is 32.8 Å². The third-order valence-electron chi connectivity index (χ3n) is 4.43. The number of carbonyl (C=O) groups excluding carboxylic acids is 1. The van der Waals surface area contributed by atoms with Crippen molar-refractivity contribution >= 4 is 5.78 Å². The molecule has 0 spiro atoms. The molecule has 0 amide bonds. The molecule has 1 aliphatic heterocycles. The number of methoxy groups -OCH3 is 1. The first kappa shape index (κ1) is 16.1. The Morgan fingerprint density at radius 1 is 1.48 bits per heavy atom. The molecule has 3 nitrogen and oxygen atoms in total. The third kappa shape index (κ3) is 4.11. The maximum absolute atomic E-state index is 13.5. The summed E-state index contributed by atoms with van der Waals surface area (Å²) in [5, 5.41) is 0. The second-order valence-corrected chi connectivity index (χ2v) is 5.98. The summed E-state index contributed by atoms with van der Waals surface area (Å²) in [5.74, 6) is 0.252. The van der Waals surface area contributed by atoms with Gasteiger partial charge in [-0.3, -0.25) is 4.79 Å². The zero-order valence-electron chi connectivity index (χ0n) is 13.1. The lowest BCUT2D eigenvalue weighted by molar-refractivity contribution is -0.00479. The molecule has 0 bridgehead atoms. The van der Waals surface area contributed by atoms with Crippen LogP contribution in [0.15, 0.2) is 18.2 Å². The van der Waals surface area contributed by atoms with E-state index in [-0.39, 0.29) is 17.7 Å². The first-order valence-corrected chi connectivity index (χ1v) is 7.55. The number of rotatable bonds is 5. The molecule has 0 saturated carbocycles. The Balaban J connectivity index is 1.87. The van der Waals surface area contributed by atoms with Gasteiger partial charge < -0.3 is 9.64 Å². The average Bonchev–Trinajstić information content (AvgIpc) is 2.48. The van der Waals surface area contributed by atoms with E-state index >= 15 is 0 Å². The van der Waals surface area contributed by atoms with Crippen LogP contribution in [0, 0.1) is 18.7 Å². The van der Waals surface area contributed by atoms with Gasteiger partial charge in [-0.25, -0.2) is 4.39 Å². The fourth-order valence-electron chi connectivity index (χ4n) is 2.78. The largest absolute Gasteiger partial charge is 0.380 e. The molecule has 0 aliphatic carbocycles. The number of hydrogen-bond acceptors (Lipinski definition) is 3. The van der Waals surface area contributed by atoms with Gasteiger partial charge in [-0.15, -0.1) is 0 Å². The number of ether oxygens (including phenoxy) is 1. The first-order chi connectivity index (χ1) is 10.0. The van der Waals surface area contributed by atoms with Crippen LogP contribution in [-0.4, -0.2) is 43.5 Å². The predicted octanol–water partition coefficient (Wildman–Crippen LogP) is 3.06. The molecule has 0 N–H and O–H groups in total. The minimum atomic E-state index is -0.313. The van der Waals surface area contributed by atoms with Crippen LogP contribution in [0.2, 0.25) is 0 Å². The van der Waals surface area contributed by atoms with Crippen LogP contribution in [0.4, 0.5) is 4.39 Å². The number of aryl methyl sites for hydroxylation is 1. The molecule has 0 aromatic heterocycles. The summed E-state index contributed by atoms with van der Waals surface area (Å²) >= 11 is 0. The standard InChI is InChI=1S/C17H24FNO2/c1-12-4-5-14(10-15(12)18)16(20)7-9-19-8-6-13(2)17(11-19)21-3/h4-5,10,13,17H,6-9,11H2,1-3H3. The van der Waals surface area contributed by atoms with Crippen molar-refractivity contribution in [3.05, 3.63) is 35.1 Å². The lowest BCUT2D eigenvalue weighted by Crippen LogP contribution is -2.44. The second kappa shape index (κ2) is 7.14. The SMILES string of the molecule is COC1CN(CCC(=O)c2ccc(C)c(F)c2)CCC1C. The van der Waals surface area contributed by atoms with Gasteiger partial charge in [-0.1, -0.05) is 19.1 Å². The Labute approximate surface area is 126 Å². The Morgan fingerprint density at radius 2 is 2.24 bits per heavy atom. The molecule has 2 rings (SSSR count). The molecule has 0 radical (unpaired) electrons. The molecule has 1 fully saturated rings. The predicted molar refractivity (Wildman–Crippen MR) is 81.1 cm³/mol. The summed E-state index contributed by atoms with van der Waals surface area (Å²) in [6.45, 7) is 6.47. The molecule has 1 aromatic rings. The van der Waals surface area contributed by atoms with Crippen molar-refractivity contribution in [2.24, 2.45) is 5.92 Å². The molecule has 2 atom stereocenters. The van der Waals surface area contributed by atoms with Gasteiger partial charge in [0.15, 0.2) is 5.78 Å². The van der Waals surface area contributed by atoms with E-state index in [1.807, 2.05) is 0 Å². The van der Waals surface area contributed by atoms with E-state index < -0.39 is 0 Å². The number of ketones is 1. The summed E-state index contributed by atoms with van der Waals surface area (Å²) in [6.07, 6.45) is 1.75. The highest BCUT2D eigenvalue weighted by molar-refractivity contribution is 5.96. The Morgan fingerprint density at radius 3 is 2.90 bits per heavy atom. The van der Waals surface area contributed by atoms with E-state index in [1.54, 1.807) is 26.2 Å².